The van der Waals surface area contributed by atoms with E-state index in [-0.39, 0.29) is 12.4 Å². The number of para-hydroxylation sites is 2. The van der Waals surface area contributed by atoms with Crippen molar-refractivity contribution in [3.63, 3.8) is 0 Å². The van der Waals surface area contributed by atoms with Gasteiger partial charge >= 0.3 is 0 Å². The first-order chi connectivity index (χ1) is 12.6. The van der Waals surface area contributed by atoms with Gasteiger partial charge in [0, 0.05) is 19.6 Å². The summed E-state index contributed by atoms with van der Waals surface area (Å²) in [6.07, 6.45) is 0.951. The van der Waals surface area contributed by atoms with Crippen LogP contribution in [-0.2, 0) is 11.2 Å². The highest BCUT2D eigenvalue weighted by Gasteiger charge is 2.24. The summed E-state index contributed by atoms with van der Waals surface area (Å²) in [5.41, 5.74) is 8.16. The van der Waals surface area contributed by atoms with E-state index in [1.54, 1.807) is 24.3 Å². The summed E-state index contributed by atoms with van der Waals surface area (Å²) in [6.45, 7) is 0.602. The molecule has 0 aliphatic rings. The smallest absolute Gasteiger partial charge is 0.240 e. The number of rotatable bonds is 8. The Kier molecular flexibility index (Phi) is 5.38. The summed E-state index contributed by atoms with van der Waals surface area (Å²) in [7, 11) is 0. The number of hydrogen-bond donors (Lipinski definition) is 4. The Morgan fingerprint density at radius 3 is 2.62 bits per heavy atom. The average molecular weight is 354 g/mol. The summed E-state index contributed by atoms with van der Waals surface area (Å²) in [4.78, 5) is 16.8. The van der Waals surface area contributed by atoms with Crippen LogP contribution in [0.3, 0.4) is 0 Å². The SMILES string of the molecule is NC(=O)C(Cc1ccc(O)cc1)n1c(NCCCO)nc2ccccc21. The van der Waals surface area contributed by atoms with Gasteiger partial charge in [-0.05, 0) is 36.2 Å². The highest BCUT2D eigenvalue weighted by atomic mass is 16.3. The molecule has 0 bridgehead atoms. The van der Waals surface area contributed by atoms with Gasteiger partial charge in [-0.25, -0.2) is 4.98 Å². The number of benzene rings is 2. The van der Waals surface area contributed by atoms with Crippen molar-refractivity contribution < 1.29 is 15.0 Å². The second kappa shape index (κ2) is 7.88. The molecule has 0 radical (unpaired) electrons. The quantitative estimate of drug-likeness (QED) is 0.461. The van der Waals surface area contributed by atoms with Crippen LogP contribution in [0.5, 0.6) is 5.75 Å². The molecule has 0 saturated carbocycles. The Bertz CT molecular complexity index is 889. The van der Waals surface area contributed by atoms with Gasteiger partial charge in [0.1, 0.15) is 11.8 Å². The van der Waals surface area contributed by atoms with Gasteiger partial charge in [-0.2, -0.15) is 0 Å². The minimum absolute atomic E-state index is 0.0694. The van der Waals surface area contributed by atoms with Crippen LogP contribution in [0.15, 0.2) is 48.5 Å². The number of nitrogens with two attached hydrogens (primary N) is 1. The maximum absolute atomic E-state index is 12.3. The molecule has 1 heterocycles. The maximum atomic E-state index is 12.3. The summed E-state index contributed by atoms with van der Waals surface area (Å²) >= 11 is 0. The number of imidazole rings is 1. The molecule has 7 nitrogen and oxygen atoms in total. The topological polar surface area (TPSA) is 113 Å². The van der Waals surface area contributed by atoms with Gasteiger partial charge in [-0.1, -0.05) is 24.3 Å². The van der Waals surface area contributed by atoms with Gasteiger partial charge in [0.05, 0.1) is 11.0 Å². The van der Waals surface area contributed by atoms with Crippen molar-refractivity contribution >= 4 is 22.9 Å². The average Bonchev–Trinajstić information content (AvgIpc) is 2.99. The molecule has 1 unspecified atom stereocenters. The molecular weight excluding hydrogens is 332 g/mol. The number of phenols is 1. The van der Waals surface area contributed by atoms with Gasteiger partial charge in [0.15, 0.2) is 0 Å². The fourth-order valence-electron chi connectivity index (χ4n) is 2.94. The number of anilines is 1. The number of amides is 1. The number of fused-ring (bicyclic) bond motifs is 1. The number of aliphatic hydroxyl groups is 1. The first-order valence-corrected chi connectivity index (χ1v) is 8.49. The van der Waals surface area contributed by atoms with Crippen molar-refractivity contribution in [3.8, 4) is 5.75 Å². The molecule has 136 valence electrons. The summed E-state index contributed by atoms with van der Waals surface area (Å²) in [5.74, 6) is 0.248. The molecule has 3 aromatic rings. The highest BCUT2D eigenvalue weighted by molar-refractivity contribution is 5.85. The molecular formula is C19H22N4O3. The number of aliphatic hydroxyl groups excluding tert-OH is 1. The largest absolute Gasteiger partial charge is 0.508 e. The van der Waals surface area contributed by atoms with E-state index in [1.807, 2.05) is 28.8 Å². The highest BCUT2D eigenvalue weighted by Crippen LogP contribution is 2.27. The number of primary amides is 1. The third kappa shape index (κ3) is 3.78. The Morgan fingerprint density at radius 1 is 1.19 bits per heavy atom. The number of carbonyl (C=O) groups is 1. The lowest BCUT2D eigenvalue weighted by atomic mass is 10.0. The molecule has 0 aliphatic heterocycles. The second-order valence-electron chi connectivity index (χ2n) is 6.09. The summed E-state index contributed by atoms with van der Waals surface area (Å²) in [6, 6.07) is 13.6. The van der Waals surface area contributed by atoms with E-state index in [9.17, 15) is 9.90 Å². The van der Waals surface area contributed by atoms with Gasteiger partial charge < -0.3 is 21.3 Å². The van der Waals surface area contributed by atoms with Crippen molar-refractivity contribution in [2.45, 2.75) is 18.9 Å². The van der Waals surface area contributed by atoms with Crippen molar-refractivity contribution in [2.24, 2.45) is 5.73 Å². The fourth-order valence-corrected chi connectivity index (χ4v) is 2.94. The molecule has 0 saturated heterocycles. The van der Waals surface area contributed by atoms with E-state index in [1.165, 1.54) is 0 Å². The van der Waals surface area contributed by atoms with Crippen LogP contribution in [0.25, 0.3) is 11.0 Å². The molecule has 1 aromatic heterocycles. The van der Waals surface area contributed by atoms with Crippen LogP contribution in [0, 0.1) is 0 Å². The summed E-state index contributed by atoms with van der Waals surface area (Å²) < 4.78 is 1.81. The van der Waals surface area contributed by atoms with E-state index in [2.05, 4.69) is 10.3 Å². The predicted molar refractivity (Wildman–Crippen MR) is 100.0 cm³/mol. The molecule has 2 aromatic carbocycles. The molecule has 1 amide bonds. The lowest BCUT2D eigenvalue weighted by Gasteiger charge is -2.19. The number of hydrogen-bond acceptors (Lipinski definition) is 5. The zero-order chi connectivity index (χ0) is 18.5. The molecule has 5 N–H and O–H groups in total. The molecule has 7 heteroatoms. The first-order valence-electron chi connectivity index (χ1n) is 8.49. The zero-order valence-electron chi connectivity index (χ0n) is 14.3. The molecule has 3 rings (SSSR count). The van der Waals surface area contributed by atoms with Gasteiger partial charge in [-0.3, -0.25) is 9.36 Å². The van der Waals surface area contributed by atoms with Crippen LogP contribution < -0.4 is 11.1 Å². The van der Waals surface area contributed by atoms with Crippen LogP contribution in [0.2, 0.25) is 0 Å². The van der Waals surface area contributed by atoms with Crippen LogP contribution in [0.4, 0.5) is 5.95 Å². The number of nitrogens with zero attached hydrogens (tertiary/aromatic N) is 2. The standard InChI is InChI=1S/C19H22N4O3/c20-18(26)17(12-13-6-8-14(25)9-7-13)23-16-5-2-1-4-15(16)22-19(23)21-10-3-11-24/h1-2,4-9,17,24-25H,3,10-12H2,(H2,20,26)(H,21,22). The van der Waals surface area contributed by atoms with Crippen molar-refractivity contribution in [3.05, 3.63) is 54.1 Å². The Hall–Kier alpha value is -3.06. The number of carbonyl (C=O) groups excluding carboxylic acids is 1. The monoisotopic (exact) mass is 354 g/mol. The zero-order valence-corrected chi connectivity index (χ0v) is 14.3. The van der Waals surface area contributed by atoms with E-state index in [0.717, 1.165) is 16.6 Å². The van der Waals surface area contributed by atoms with Crippen molar-refractivity contribution in [1.82, 2.24) is 9.55 Å². The van der Waals surface area contributed by atoms with E-state index in [0.29, 0.717) is 25.3 Å². The molecule has 0 fully saturated rings. The van der Waals surface area contributed by atoms with Crippen LogP contribution >= 0.6 is 0 Å². The fraction of sp³-hybridized carbons (Fsp3) is 0.263. The lowest BCUT2D eigenvalue weighted by molar-refractivity contribution is -0.121. The predicted octanol–water partition coefficient (Wildman–Crippen LogP) is 1.81. The third-order valence-corrected chi connectivity index (χ3v) is 4.22. The number of aromatic nitrogens is 2. The maximum Gasteiger partial charge on any atom is 0.240 e. The minimum Gasteiger partial charge on any atom is -0.508 e. The number of aromatic hydroxyl groups is 1. The van der Waals surface area contributed by atoms with E-state index < -0.39 is 11.9 Å². The minimum atomic E-state index is -0.636. The van der Waals surface area contributed by atoms with Crippen molar-refractivity contribution in [1.29, 1.82) is 0 Å². The second-order valence-corrected chi connectivity index (χ2v) is 6.09. The third-order valence-electron chi connectivity index (χ3n) is 4.22. The van der Waals surface area contributed by atoms with Crippen molar-refractivity contribution in [2.75, 3.05) is 18.5 Å². The Balaban J connectivity index is 2.01. The molecule has 1 atom stereocenters. The van der Waals surface area contributed by atoms with E-state index in [4.69, 9.17) is 10.8 Å². The molecule has 0 spiro atoms. The molecule has 0 aliphatic carbocycles. The van der Waals surface area contributed by atoms with Gasteiger partial charge in [0.2, 0.25) is 11.9 Å². The van der Waals surface area contributed by atoms with Crippen LogP contribution in [0.1, 0.15) is 18.0 Å². The van der Waals surface area contributed by atoms with Gasteiger partial charge in [0.25, 0.3) is 0 Å². The lowest BCUT2D eigenvalue weighted by Crippen LogP contribution is -2.29. The Morgan fingerprint density at radius 2 is 1.92 bits per heavy atom. The normalized spacial score (nSPS) is 12.2. The summed E-state index contributed by atoms with van der Waals surface area (Å²) in [5, 5.41) is 21.6. The number of nitrogens with one attached hydrogen (secondary N) is 1. The number of phenolic OH excluding ortho intramolecular Hbond substituents is 1. The molecule has 26 heavy (non-hydrogen) atoms. The van der Waals surface area contributed by atoms with Crippen LogP contribution in [-0.4, -0.2) is 38.8 Å². The first kappa shape index (κ1) is 17.8. The van der Waals surface area contributed by atoms with Gasteiger partial charge in [-0.15, -0.1) is 0 Å². The van der Waals surface area contributed by atoms with E-state index >= 15 is 0 Å². The Labute approximate surface area is 151 Å².